The van der Waals surface area contributed by atoms with E-state index in [0.29, 0.717) is 36.3 Å². The molecule has 2 aliphatic carbocycles. The summed E-state index contributed by atoms with van der Waals surface area (Å²) >= 11 is 0. The van der Waals surface area contributed by atoms with Crippen molar-refractivity contribution in [1.29, 1.82) is 0 Å². The van der Waals surface area contributed by atoms with E-state index >= 15 is 0 Å². The van der Waals surface area contributed by atoms with Crippen LogP contribution in [0.5, 0.6) is 5.75 Å². The maximum atomic E-state index is 13.2. The van der Waals surface area contributed by atoms with E-state index in [2.05, 4.69) is 11.9 Å². The van der Waals surface area contributed by atoms with E-state index in [1.54, 1.807) is 36.7 Å². The molecule has 202 valence electrons. The quantitative estimate of drug-likeness (QED) is 0.594. The van der Waals surface area contributed by atoms with Crippen LogP contribution in [-0.2, 0) is 19.1 Å². The minimum atomic E-state index is -1.10. The molecule has 2 saturated carbocycles. The fraction of sp³-hybridized carbons (Fsp3) is 0.517. The molecule has 0 bridgehead atoms. The third-order valence-electron chi connectivity index (χ3n) is 8.87. The highest BCUT2D eigenvalue weighted by Crippen LogP contribution is 2.64. The molecule has 0 radical (unpaired) electrons. The summed E-state index contributed by atoms with van der Waals surface area (Å²) in [7, 11) is 0. The molecule has 6 atom stereocenters. The Balaban J connectivity index is 1.62. The predicted octanol–water partition coefficient (Wildman–Crippen LogP) is 3.92. The van der Waals surface area contributed by atoms with Crippen LogP contribution < -0.4 is 10.4 Å². The lowest BCUT2D eigenvalue weighted by Gasteiger charge is -2.62. The summed E-state index contributed by atoms with van der Waals surface area (Å²) in [5, 5.41) is 11.6. The van der Waals surface area contributed by atoms with E-state index in [0.717, 1.165) is 5.57 Å². The molecule has 6 unspecified atom stereocenters. The standard InChI is InChI=1S/C29H33NO8/c1-16(31)35-15-28(4)22-13-24(33)29(5)23(27(22,3)9-8-25(28)36-17(2)32)11-19-21(38-29)12-20(37-26(19)34)18-7-6-10-30-14-18/h6-7,10-12,14,22,24-25,33H,8-9,13,15H2,1-5H3. The molecule has 3 aliphatic rings. The first-order valence-corrected chi connectivity index (χ1v) is 12.9. The van der Waals surface area contributed by atoms with E-state index in [-0.39, 0.29) is 18.1 Å². The number of carbonyl (C=O) groups is 2. The van der Waals surface area contributed by atoms with Crippen LogP contribution in [0.3, 0.4) is 0 Å². The van der Waals surface area contributed by atoms with Gasteiger partial charge in [0.15, 0.2) is 5.60 Å². The zero-order valence-electron chi connectivity index (χ0n) is 22.3. The number of fused-ring (bicyclic) bond motifs is 4. The maximum Gasteiger partial charge on any atom is 0.347 e. The van der Waals surface area contributed by atoms with Gasteiger partial charge in [0.25, 0.3) is 0 Å². The number of pyridine rings is 1. The molecular weight excluding hydrogens is 490 g/mol. The molecule has 2 aromatic rings. The van der Waals surface area contributed by atoms with Gasteiger partial charge in [0.2, 0.25) is 0 Å². The number of aromatic nitrogens is 1. The van der Waals surface area contributed by atoms with E-state index in [1.165, 1.54) is 13.8 Å². The molecule has 1 N–H and O–H groups in total. The Bertz CT molecular complexity index is 1370. The van der Waals surface area contributed by atoms with Gasteiger partial charge in [-0.25, -0.2) is 4.79 Å². The zero-order valence-corrected chi connectivity index (χ0v) is 22.3. The Kier molecular flexibility index (Phi) is 6.25. The first kappa shape index (κ1) is 26.2. The largest absolute Gasteiger partial charge is 0.479 e. The summed E-state index contributed by atoms with van der Waals surface area (Å²) in [6, 6.07) is 5.20. The molecule has 0 aromatic carbocycles. The van der Waals surface area contributed by atoms with Gasteiger partial charge in [-0.15, -0.1) is 0 Å². The van der Waals surface area contributed by atoms with Gasteiger partial charge < -0.3 is 23.7 Å². The molecule has 9 heteroatoms. The Morgan fingerprint density at radius 3 is 2.63 bits per heavy atom. The van der Waals surface area contributed by atoms with Gasteiger partial charge in [0.1, 0.15) is 29.8 Å². The number of aliphatic hydroxyl groups excluding tert-OH is 1. The van der Waals surface area contributed by atoms with Crippen molar-refractivity contribution in [3.8, 4) is 17.1 Å². The van der Waals surface area contributed by atoms with Gasteiger partial charge >= 0.3 is 17.6 Å². The molecule has 5 rings (SSSR count). The first-order valence-electron chi connectivity index (χ1n) is 12.9. The third kappa shape index (κ3) is 4.04. The van der Waals surface area contributed by atoms with Crippen molar-refractivity contribution in [2.45, 2.75) is 71.7 Å². The van der Waals surface area contributed by atoms with Gasteiger partial charge in [-0.2, -0.15) is 0 Å². The molecule has 0 saturated heterocycles. The van der Waals surface area contributed by atoms with E-state index < -0.39 is 46.2 Å². The van der Waals surface area contributed by atoms with Crippen molar-refractivity contribution in [2.24, 2.45) is 16.7 Å². The topological polar surface area (TPSA) is 125 Å². The van der Waals surface area contributed by atoms with Gasteiger partial charge in [0.05, 0.1) is 6.10 Å². The zero-order chi connectivity index (χ0) is 27.5. The Labute approximate surface area is 220 Å². The minimum absolute atomic E-state index is 0.0330. The number of rotatable bonds is 4. The van der Waals surface area contributed by atoms with Gasteiger partial charge in [-0.3, -0.25) is 14.6 Å². The summed E-state index contributed by atoms with van der Waals surface area (Å²) in [5.74, 6) is -0.424. The second-order valence-corrected chi connectivity index (χ2v) is 11.3. The fourth-order valence-corrected chi connectivity index (χ4v) is 6.93. The average molecular weight is 524 g/mol. The molecule has 38 heavy (non-hydrogen) atoms. The van der Waals surface area contributed by atoms with Crippen LogP contribution in [0.4, 0.5) is 0 Å². The first-order chi connectivity index (χ1) is 17.9. The third-order valence-corrected chi connectivity index (χ3v) is 8.87. The molecule has 0 spiro atoms. The number of nitrogens with zero attached hydrogens (tertiary/aromatic N) is 1. The second-order valence-electron chi connectivity index (χ2n) is 11.3. The lowest BCUT2D eigenvalue weighted by atomic mass is 9.45. The highest BCUT2D eigenvalue weighted by molar-refractivity contribution is 5.70. The van der Waals surface area contributed by atoms with Crippen molar-refractivity contribution in [3.05, 3.63) is 52.1 Å². The van der Waals surface area contributed by atoms with Crippen LogP contribution in [0.15, 0.2) is 45.4 Å². The SMILES string of the molecule is CC(=O)OCC1(C)C(OC(C)=O)CCC2(C)C3=Cc4c(cc(-c5cccnc5)oc4=O)OC3(C)C(O)CC21. The van der Waals surface area contributed by atoms with Crippen molar-refractivity contribution in [3.63, 3.8) is 0 Å². The van der Waals surface area contributed by atoms with Crippen LogP contribution in [0.1, 0.15) is 59.4 Å². The number of esters is 2. The monoisotopic (exact) mass is 523 g/mol. The predicted molar refractivity (Wildman–Crippen MR) is 137 cm³/mol. The van der Waals surface area contributed by atoms with Crippen molar-refractivity contribution in [1.82, 2.24) is 4.98 Å². The average Bonchev–Trinajstić information content (AvgIpc) is 2.86. The maximum absolute atomic E-state index is 13.2. The van der Waals surface area contributed by atoms with Crippen molar-refractivity contribution < 1.29 is 33.3 Å². The lowest BCUT2D eigenvalue weighted by molar-refractivity contribution is -0.197. The van der Waals surface area contributed by atoms with Crippen LogP contribution in [0.25, 0.3) is 17.4 Å². The van der Waals surface area contributed by atoms with E-state index in [4.69, 9.17) is 18.6 Å². The van der Waals surface area contributed by atoms with Gasteiger partial charge in [0, 0.05) is 43.3 Å². The number of carbonyl (C=O) groups excluding carboxylic acids is 2. The summed E-state index contributed by atoms with van der Waals surface area (Å²) in [4.78, 5) is 41.0. The van der Waals surface area contributed by atoms with Crippen molar-refractivity contribution >= 4 is 18.0 Å². The highest BCUT2D eigenvalue weighted by atomic mass is 16.6. The summed E-state index contributed by atoms with van der Waals surface area (Å²) in [6.07, 6.45) is 5.06. The number of hydrogen-bond donors (Lipinski definition) is 1. The van der Waals surface area contributed by atoms with Crippen LogP contribution in [-0.4, -0.2) is 46.4 Å². The second kappa shape index (κ2) is 9.08. The molecule has 2 aromatic heterocycles. The molecule has 9 nitrogen and oxygen atoms in total. The summed E-state index contributed by atoms with van der Waals surface area (Å²) < 4.78 is 23.3. The molecule has 3 heterocycles. The van der Waals surface area contributed by atoms with E-state index in [9.17, 15) is 19.5 Å². The lowest BCUT2D eigenvalue weighted by Crippen LogP contribution is -2.65. The van der Waals surface area contributed by atoms with Crippen LogP contribution in [0.2, 0.25) is 0 Å². The Morgan fingerprint density at radius 2 is 1.97 bits per heavy atom. The van der Waals surface area contributed by atoms with Crippen molar-refractivity contribution in [2.75, 3.05) is 6.61 Å². The fourth-order valence-electron chi connectivity index (χ4n) is 6.93. The molecule has 2 fully saturated rings. The molecule has 1 aliphatic heterocycles. The highest BCUT2D eigenvalue weighted by Gasteiger charge is 2.65. The molecule has 0 amide bonds. The number of aliphatic hydroxyl groups is 1. The Morgan fingerprint density at radius 1 is 1.21 bits per heavy atom. The van der Waals surface area contributed by atoms with Crippen LogP contribution in [0, 0.1) is 16.7 Å². The summed E-state index contributed by atoms with van der Waals surface area (Å²) in [5.41, 5.74) is -1.28. The Hall–Kier alpha value is -3.46. The normalized spacial score (nSPS) is 33.5. The molecular formula is C29H33NO8. The van der Waals surface area contributed by atoms with E-state index in [1.807, 2.05) is 13.8 Å². The van der Waals surface area contributed by atoms with Crippen LogP contribution >= 0.6 is 0 Å². The summed E-state index contributed by atoms with van der Waals surface area (Å²) in [6.45, 7) is 8.60. The smallest absolute Gasteiger partial charge is 0.347 e. The number of hydrogen-bond acceptors (Lipinski definition) is 9. The van der Waals surface area contributed by atoms with Gasteiger partial charge in [-0.05, 0) is 61.3 Å². The number of ether oxygens (including phenoxy) is 3. The van der Waals surface area contributed by atoms with Gasteiger partial charge in [-0.1, -0.05) is 13.8 Å². The minimum Gasteiger partial charge on any atom is -0.479 e.